The van der Waals surface area contributed by atoms with Crippen molar-refractivity contribution in [1.82, 2.24) is 9.47 Å². The van der Waals surface area contributed by atoms with Gasteiger partial charge >= 0.3 is 5.97 Å². The topological polar surface area (TPSA) is 81.8 Å². The van der Waals surface area contributed by atoms with Gasteiger partial charge in [-0.25, -0.2) is 9.18 Å². The van der Waals surface area contributed by atoms with E-state index in [-0.39, 0.29) is 22.8 Å². The molecule has 9 heteroatoms. The maximum Gasteiger partial charge on any atom is 0.373 e. The third-order valence-corrected chi connectivity index (χ3v) is 6.55. The van der Waals surface area contributed by atoms with Gasteiger partial charge in [-0.05, 0) is 42.1 Å². The molecule has 0 saturated carbocycles. The van der Waals surface area contributed by atoms with Crippen LogP contribution < -0.4 is 0 Å². The number of carbonyl (C=O) groups excluding carboxylic acids is 3. The number of nitrogens with zero attached hydrogens (tertiary/aromatic N) is 2. The van der Waals surface area contributed by atoms with Crippen LogP contribution in [0.4, 0.5) is 9.18 Å². The van der Waals surface area contributed by atoms with Crippen molar-refractivity contribution in [3.05, 3.63) is 100 Å². The number of fused-ring (bicyclic) bond motifs is 1. The first-order valence-electron chi connectivity index (χ1n) is 10.7. The number of ether oxygens (including phenoxy) is 1. The lowest BCUT2D eigenvalue weighted by Crippen LogP contribution is -2.27. The monoisotopic (exact) mass is 490 g/mol. The van der Waals surface area contributed by atoms with Crippen LogP contribution in [-0.2, 0) is 22.6 Å². The molecule has 4 aromatic rings. The van der Waals surface area contributed by atoms with E-state index in [0.29, 0.717) is 12.3 Å². The Bertz CT molecular complexity index is 1500. The molecule has 0 N–H and O–H groups in total. The number of furan rings is 1. The van der Waals surface area contributed by atoms with Gasteiger partial charge in [0, 0.05) is 28.2 Å². The predicted octanol–water partition coefficient (Wildman–Crippen LogP) is 5.44. The average molecular weight is 491 g/mol. The first-order valence-corrected chi connectivity index (χ1v) is 11.5. The van der Waals surface area contributed by atoms with Gasteiger partial charge in [0.25, 0.3) is 11.1 Å². The zero-order valence-electron chi connectivity index (χ0n) is 18.6. The molecule has 3 heterocycles. The number of hydrogen-bond acceptors (Lipinski definition) is 6. The molecule has 0 unspecified atom stereocenters. The molecule has 0 aliphatic carbocycles. The first kappa shape index (κ1) is 22.7. The number of amides is 2. The fourth-order valence-corrected chi connectivity index (χ4v) is 4.77. The molecule has 0 spiro atoms. The van der Waals surface area contributed by atoms with Crippen LogP contribution in [0.5, 0.6) is 0 Å². The molecular formula is C26H19FN2O5S. The molecule has 176 valence electrons. The van der Waals surface area contributed by atoms with Gasteiger partial charge in [-0.1, -0.05) is 36.4 Å². The number of rotatable bonds is 6. The van der Waals surface area contributed by atoms with E-state index >= 15 is 0 Å². The number of carbonyl (C=O) groups is 3. The summed E-state index contributed by atoms with van der Waals surface area (Å²) in [5.74, 6) is -0.813. The van der Waals surface area contributed by atoms with E-state index < -0.39 is 22.9 Å². The van der Waals surface area contributed by atoms with E-state index in [4.69, 9.17) is 4.42 Å². The van der Waals surface area contributed by atoms with Crippen LogP contribution in [0.25, 0.3) is 17.0 Å². The third kappa shape index (κ3) is 4.38. The van der Waals surface area contributed by atoms with E-state index in [1.165, 1.54) is 13.2 Å². The van der Waals surface area contributed by atoms with Gasteiger partial charge in [-0.2, -0.15) is 0 Å². The molecular weight excluding hydrogens is 471 g/mol. The van der Waals surface area contributed by atoms with Crippen LogP contribution in [0.3, 0.4) is 0 Å². The summed E-state index contributed by atoms with van der Waals surface area (Å²) in [7, 11) is 1.29. The molecule has 5 rings (SSSR count). The lowest BCUT2D eigenvalue weighted by Gasteiger charge is -2.12. The Balaban J connectivity index is 1.44. The van der Waals surface area contributed by atoms with Crippen molar-refractivity contribution in [2.45, 2.75) is 13.1 Å². The third-order valence-electron chi connectivity index (χ3n) is 5.64. The molecule has 2 aromatic heterocycles. The average Bonchev–Trinajstić information content (AvgIpc) is 3.54. The van der Waals surface area contributed by atoms with Gasteiger partial charge in [0.2, 0.25) is 5.76 Å². The van der Waals surface area contributed by atoms with Gasteiger partial charge < -0.3 is 13.7 Å². The summed E-state index contributed by atoms with van der Waals surface area (Å²) < 4.78 is 26.3. The van der Waals surface area contributed by atoms with Crippen LogP contribution in [0.2, 0.25) is 0 Å². The molecule has 35 heavy (non-hydrogen) atoms. The van der Waals surface area contributed by atoms with Crippen LogP contribution in [0, 0.1) is 5.82 Å². The van der Waals surface area contributed by atoms with Crippen molar-refractivity contribution in [2.75, 3.05) is 7.11 Å². The highest BCUT2D eigenvalue weighted by molar-refractivity contribution is 8.18. The number of hydrogen-bond donors (Lipinski definition) is 0. The summed E-state index contributed by atoms with van der Waals surface area (Å²) in [6.45, 7) is 0.220. The summed E-state index contributed by atoms with van der Waals surface area (Å²) in [6, 6.07) is 17.0. The molecule has 0 atom stereocenters. The summed E-state index contributed by atoms with van der Waals surface area (Å²) in [6.07, 6.45) is 3.53. The summed E-state index contributed by atoms with van der Waals surface area (Å²) >= 11 is 0.829. The quantitative estimate of drug-likeness (QED) is 0.264. The number of methoxy groups -OCH3 is 1. The van der Waals surface area contributed by atoms with Gasteiger partial charge in [0.15, 0.2) is 0 Å². The minimum absolute atomic E-state index is 0.114. The predicted molar refractivity (Wildman–Crippen MR) is 129 cm³/mol. The number of para-hydroxylation sites is 1. The first-order chi connectivity index (χ1) is 16.9. The molecule has 0 radical (unpaired) electrons. The minimum atomic E-state index is -0.555. The Labute approximate surface area is 203 Å². The molecule has 7 nitrogen and oxygen atoms in total. The fourth-order valence-electron chi connectivity index (χ4n) is 3.94. The van der Waals surface area contributed by atoms with Crippen LogP contribution in [-0.4, -0.2) is 33.7 Å². The molecule has 2 aromatic carbocycles. The van der Waals surface area contributed by atoms with Crippen LogP contribution in [0.15, 0.2) is 76.2 Å². The minimum Gasteiger partial charge on any atom is -0.463 e. The maximum absolute atomic E-state index is 14.1. The molecule has 1 aliphatic heterocycles. The van der Waals surface area contributed by atoms with Crippen molar-refractivity contribution < 1.29 is 27.9 Å². The number of esters is 1. The van der Waals surface area contributed by atoms with Crippen molar-refractivity contribution >= 4 is 45.9 Å². The Morgan fingerprint density at radius 3 is 2.63 bits per heavy atom. The highest BCUT2D eigenvalue weighted by atomic mass is 32.2. The smallest absolute Gasteiger partial charge is 0.373 e. The zero-order chi connectivity index (χ0) is 24.5. The van der Waals surface area contributed by atoms with Crippen molar-refractivity contribution in [3.63, 3.8) is 0 Å². The number of halogens is 1. The van der Waals surface area contributed by atoms with Gasteiger partial charge in [0.05, 0.1) is 25.1 Å². The van der Waals surface area contributed by atoms with E-state index in [1.807, 2.05) is 35.0 Å². The number of benzene rings is 2. The Hall–Kier alpha value is -4.11. The second kappa shape index (κ2) is 9.27. The molecule has 1 aliphatic rings. The van der Waals surface area contributed by atoms with E-state index in [0.717, 1.165) is 33.1 Å². The Morgan fingerprint density at radius 2 is 1.83 bits per heavy atom. The highest BCUT2D eigenvalue weighted by Gasteiger charge is 2.35. The maximum atomic E-state index is 14.1. The fraction of sp³-hybridized carbons (Fsp3) is 0.115. The summed E-state index contributed by atoms with van der Waals surface area (Å²) in [5.41, 5.74) is 1.91. The van der Waals surface area contributed by atoms with Crippen molar-refractivity contribution in [1.29, 1.82) is 0 Å². The lowest BCUT2D eigenvalue weighted by molar-refractivity contribution is -0.123. The Morgan fingerprint density at radius 1 is 1.06 bits per heavy atom. The number of aromatic nitrogens is 1. The highest BCUT2D eigenvalue weighted by Crippen LogP contribution is 2.35. The number of imide groups is 1. The SMILES string of the molecule is COC(=O)c1ccc(Cn2cc(/C=C3\SC(=O)N(Cc4ccccc4F)C3=O)c3ccccc32)o1. The zero-order valence-corrected chi connectivity index (χ0v) is 19.4. The lowest BCUT2D eigenvalue weighted by atomic mass is 10.1. The van der Waals surface area contributed by atoms with Gasteiger partial charge in [-0.15, -0.1) is 0 Å². The van der Waals surface area contributed by atoms with E-state index in [1.54, 1.807) is 36.4 Å². The van der Waals surface area contributed by atoms with Crippen molar-refractivity contribution in [2.24, 2.45) is 0 Å². The second-order valence-electron chi connectivity index (χ2n) is 7.85. The summed E-state index contributed by atoms with van der Waals surface area (Å²) in [5, 5.41) is 0.437. The second-order valence-corrected chi connectivity index (χ2v) is 8.84. The molecule has 2 amide bonds. The van der Waals surface area contributed by atoms with Gasteiger partial charge in [-0.3, -0.25) is 14.5 Å². The molecule has 0 bridgehead atoms. The molecule has 1 saturated heterocycles. The normalized spacial score (nSPS) is 14.9. The van der Waals surface area contributed by atoms with Crippen LogP contribution >= 0.6 is 11.8 Å². The van der Waals surface area contributed by atoms with Gasteiger partial charge in [0.1, 0.15) is 11.6 Å². The van der Waals surface area contributed by atoms with Crippen LogP contribution in [0.1, 0.15) is 27.4 Å². The number of thioether (sulfide) groups is 1. The van der Waals surface area contributed by atoms with E-state index in [9.17, 15) is 18.8 Å². The van der Waals surface area contributed by atoms with Crippen molar-refractivity contribution in [3.8, 4) is 0 Å². The Kier molecular flexibility index (Phi) is 6.00. The standard InChI is InChI=1S/C26H19FN2O5S/c1-33-25(31)22-11-10-18(34-22)15-28-13-17(19-7-3-5-9-21(19)28)12-23-24(30)29(26(32)35-23)14-16-6-2-4-8-20(16)27/h2-13H,14-15H2,1H3/b23-12-. The van der Waals surface area contributed by atoms with E-state index in [2.05, 4.69) is 4.74 Å². The largest absolute Gasteiger partial charge is 0.463 e. The molecule has 1 fully saturated rings. The summed E-state index contributed by atoms with van der Waals surface area (Å²) in [4.78, 5) is 38.5.